The maximum Gasteiger partial charge on any atom is 0.236 e. The van der Waals surface area contributed by atoms with E-state index in [1.807, 2.05) is 30.1 Å². The van der Waals surface area contributed by atoms with Gasteiger partial charge in [0.1, 0.15) is 0 Å². The Morgan fingerprint density at radius 3 is 2.45 bits per heavy atom. The van der Waals surface area contributed by atoms with E-state index >= 15 is 0 Å². The minimum absolute atomic E-state index is 0.164. The van der Waals surface area contributed by atoms with Gasteiger partial charge in [0.2, 0.25) is 5.91 Å². The number of amides is 1. The number of nitrogens with zero attached hydrogens (tertiary/aromatic N) is 3. The molecule has 0 atom stereocenters. The third kappa shape index (κ3) is 5.00. The summed E-state index contributed by atoms with van der Waals surface area (Å²) in [7, 11) is 4.05. The van der Waals surface area contributed by atoms with Crippen molar-refractivity contribution in [1.29, 1.82) is 0 Å². The number of carbonyl (C=O) groups is 1. The molecule has 5 nitrogen and oxygen atoms in total. The molecule has 1 aliphatic heterocycles. The van der Waals surface area contributed by atoms with Crippen molar-refractivity contribution in [3.8, 4) is 0 Å². The Labute approximate surface area is 133 Å². The summed E-state index contributed by atoms with van der Waals surface area (Å²) in [6.07, 6.45) is 1.17. The molecule has 0 unspecified atom stereocenters. The summed E-state index contributed by atoms with van der Waals surface area (Å²) in [5.41, 5.74) is 1.19. The number of anilines is 1. The fourth-order valence-corrected chi connectivity index (χ4v) is 2.66. The van der Waals surface area contributed by atoms with E-state index in [1.54, 1.807) is 0 Å². The lowest BCUT2D eigenvalue weighted by Gasteiger charge is -2.31. The Hall–Kier alpha value is -1.59. The lowest BCUT2D eigenvalue weighted by atomic mass is 10.1. The van der Waals surface area contributed by atoms with Crippen molar-refractivity contribution in [3.63, 3.8) is 0 Å². The largest absolute Gasteiger partial charge is 0.393 e. The summed E-state index contributed by atoms with van der Waals surface area (Å²) < 4.78 is 0. The van der Waals surface area contributed by atoms with Gasteiger partial charge in [0.25, 0.3) is 0 Å². The highest BCUT2D eigenvalue weighted by Crippen LogP contribution is 2.11. The van der Waals surface area contributed by atoms with Gasteiger partial charge in [-0.25, -0.2) is 0 Å². The molecular weight excluding hydrogens is 278 g/mol. The first-order valence-electron chi connectivity index (χ1n) is 7.97. The van der Waals surface area contributed by atoms with Gasteiger partial charge in [-0.2, -0.15) is 0 Å². The van der Waals surface area contributed by atoms with Crippen molar-refractivity contribution >= 4 is 11.6 Å². The van der Waals surface area contributed by atoms with Crippen LogP contribution >= 0.6 is 0 Å². The van der Waals surface area contributed by atoms with Crippen LogP contribution in [0.4, 0.5) is 5.69 Å². The lowest BCUT2D eigenvalue weighted by Crippen LogP contribution is -2.45. The van der Waals surface area contributed by atoms with Crippen LogP contribution in [-0.4, -0.2) is 73.7 Å². The number of para-hydroxylation sites is 1. The Kier molecular flexibility index (Phi) is 6.21. The van der Waals surface area contributed by atoms with Crippen LogP contribution in [0.1, 0.15) is 12.8 Å². The van der Waals surface area contributed by atoms with Gasteiger partial charge in [0, 0.05) is 38.9 Å². The molecule has 0 aromatic heterocycles. The molecule has 0 bridgehead atoms. The van der Waals surface area contributed by atoms with E-state index in [2.05, 4.69) is 29.0 Å². The second-order valence-corrected chi connectivity index (χ2v) is 6.11. The summed E-state index contributed by atoms with van der Waals surface area (Å²) in [6, 6.07) is 10.2. The fourth-order valence-electron chi connectivity index (χ4n) is 2.66. The highest BCUT2D eigenvalue weighted by Gasteiger charge is 2.21. The number of piperidine rings is 1. The zero-order valence-corrected chi connectivity index (χ0v) is 13.6. The van der Waals surface area contributed by atoms with Crippen LogP contribution in [0.3, 0.4) is 0 Å². The van der Waals surface area contributed by atoms with Crippen LogP contribution in [0.15, 0.2) is 30.3 Å². The molecule has 1 heterocycles. The van der Waals surface area contributed by atoms with Crippen molar-refractivity contribution in [2.45, 2.75) is 18.9 Å². The molecule has 1 aliphatic rings. The van der Waals surface area contributed by atoms with Crippen molar-refractivity contribution in [2.24, 2.45) is 0 Å². The summed E-state index contributed by atoms with van der Waals surface area (Å²) in [6.45, 7) is 3.52. The number of hydrogen-bond acceptors (Lipinski definition) is 4. The molecule has 5 heteroatoms. The second kappa shape index (κ2) is 8.15. The summed E-state index contributed by atoms with van der Waals surface area (Å²) >= 11 is 0. The number of likely N-dealkylation sites (N-methyl/N-ethyl adjacent to an activating group) is 2. The smallest absolute Gasteiger partial charge is 0.236 e. The summed E-state index contributed by atoms with van der Waals surface area (Å²) in [5.74, 6) is 0.164. The molecule has 1 amide bonds. The zero-order chi connectivity index (χ0) is 15.9. The number of hydrogen-bond donors (Lipinski definition) is 1. The molecule has 0 spiro atoms. The van der Waals surface area contributed by atoms with Crippen LogP contribution in [0.5, 0.6) is 0 Å². The lowest BCUT2D eigenvalue weighted by molar-refractivity contribution is -0.134. The van der Waals surface area contributed by atoms with Gasteiger partial charge >= 0.3 is 0 Å². The third-order valence-electron chi connectivity index (χ3n) is 4.24. The van der Waals surface area contributed by atoms with Crippen LogP contribution in [0.2, 0.25) is 0 Å². The molecule has 2 rings (SSSR count). The molecule has 0 saturated carbocycles. The number of rotatable bonds is 6. The van der Waals surface area contributed by atoms with Crippen molar-refractivity contribution < 1.29 is 9.90 Å². The van der Waals surface area contributed by atoms with Crippen LogP contribution in [0, 0.1) is 0 Å². The molecule has 1 aromatic carbocycles. The Balaban J connectivity index is 1.71. The van der Waals surface area contributed by atoms with Gasteiger partial charge in [-0.3, -0.25) is 9.69 Å². The van der Waals surface area contributed by atoms with Crippen molar-refractivity contribution in [2.75, 3.05) is 51.7 Å². The van der Waals surface area contributed by atoms with Gasteiger partial charge < -0.3 is 14.9 Å². The van der Waals surface area contributed by atoms with Gasteiger partial charge in [-0.05, 0) is 32.0 Å². The predicted octanol–water partition coefficient (Wildman–Crippen LogP) is 1.04. The first-order valence-corrected chi connectivity index (χ1v) is 7.97. The minimum Gasteiger partial charge on any atom is -0.393 e. The highest BCUT2D eigenvalue weighted by molar-refractivity contribution is 5.78. The van der Waals surface area contributed by atoms with Gasteiger partial charge in [-0.15, -0.1) is 0 Å². The maximum atomic E-state index is 12.2. The van der Waals surface area contributed by atoms with Gasteiger partial charge in [0.05, 0.1) is 12.6 Å². The van der Waals surface area contributed by atoms with E-state index in [9.17, 15) is 9.90 Å². The normalized spacial score (nSPS) is 16.1. The third-order valence-corrected chi connectivity index (χ3v) is 4.24. The topological polar surface area (TPSA) is 47.0 Å². The van der Waals surface area contributed by atoms with Crippen LogP contribution in [0.25, 0.3) is 0 Å². The quantitative estimate of drug-likeness (QED) is 0.853. The molecule has 22 heavy (non-hydrogen) atoms. The fraction of sp³-hybridized carbons (Fsp3) is 0.588. The maximum absolute atomic E-state index is 12.2. The van der Waals surface area contributed by atoms with Crippen molar-refractivity contribution in [1.82, 2.24) is 9.80 Å². The first kappa shape index (κ1) is 16.8. The van der Waals surface area contributed by atoms with Crippen LogP contribution in [-0.2, 0) is 4.79 Å². The van der Waals surface area contributed by atoms with Gasteiger partial charge in [-0.1, -0.05) is 18.2 Å². The highest BCUT2D eigenvalue weighted by atomic mass is 16.3. The average Bonchev–Trinajstić information content (AvgIpc) is 2.54. The van der Waals surface area contributed by atoms with Crippen molar-refractivity contribution in [3.05, 3.63) is 30.3 Å². The molecule has 1 fully saturated rings. The number of benzene rings is 1. The number of carbonyl (C=O) groups excluding carboxylic acids is 1. The monoisotopic (exact) mass is 305 g/mol. The number of aliphatic hydroxyl groups excluding tert-OH is 1. The zero-order valence-electron chi connectivity index (χ0n) is 13.6. The molecule has 1 aromatic rings. The molecule has 122 valence electrons. The number of likely N-dealkylation sites (tertiary alicyclic amines) is 1. The molecule has 0 aliphatic carbocycles. The summed E-state index contributed by atoms with van der Waals surface area (Å²) in [4.78, 5) is 18.3. The average molecular weight is 305 g/mol. The second-order valence-electron chi connectivity index (χ2n) is 6.11. The van der Waals surface area contributed by atoms with Crippen LogP contribution < -0.4 is 4.90 Å². The molecular formula is C17H27N3O2. The van der Waals surface area contributed by atoms with E-state index in [4.69, 9.17) is 0 Å². The standard InChI is InChI=1S/C17H27N3O2/c1-18(12-13-19(2)15-6-4-3-5-7-15)14-17(22)20-10-8-16(21)9-11-20/h3-7,16,21H,8-14H2,1-2H3. The van der Waals surface area contributed by atoms with Gasteiger partial charge in [0.15, 0.2) is 0 Å². The van der Waals surface area contributed by atoms with E-state index in [0.29, 0.717) is 32.5 Å². The van der Waals surface area contributed by atoms with E-state index in [1.165, 1.54) is 5.69 Å². The molecule has 0 radical (unpaired) electrons. The Bertz CT molecular complexity index is 458. The van der Waals surface area contributed by atoms with E-state index < -0.39 is 0 Å². The van der Waals surface area contributed by atoms with E-state index in [0.717, 1.165) is 13.1 Å². The Morgan fingerprint density at radius 2 is 1.82 bits per heavy atom. The predicted molar refractivity (Wildman–Crippen MR) is 89.0 cm³/mol. The first-order chi connectivity index (χ1) is 10.6. The van der Waals surface area contributed by atoms with E-state index in [-0.39, 0.29) is 12.0 Å². The number of aliphatic hydroxyl groups is 1. The Morgan fingerprint density at radius 1 is 1.18 bits per heavy atom. The molecule has 1 saturated heterocycles. The minimum atomic E-state index is -0.235. The summed E-state index contributed by atoms with van der Waals surface area (Å²) in [5, 5.41) is 9.49. The SMILES string of the molecule is CN(CCN(C)c1ccccc1)CC(=O)N1CCC(O)CC1. The molecule has 1 N–H and O–H groups in total.